The van der Waals surface area contributed by atoms with Crippen LogP contribution in [-0.4, -0.2) is 37.4 Å². The normalized spacial score (nSPS) is 12.6. The minimum Gasteiger partial charge on any atom is -0.387 e. The van der Waals surface area contributed by atoms with Crippen molar-refractivity contribution in [3.05, 3.63) is 95.4 Å². The molecule has 9 heteroatoms. The van der Waals surface area contributed by atoms with Gasteiger partial charge in [0.1, 0.15) is 0 Å². The molecule has 4 aromatic rings. The standard InChI is InChI=1S/C23H19F3N4O2/c24-23(25,26)18-9-5-4-8-17(18)20(31)13-30(12-15-6-2-1-3-7-15)22(32)16-10-19-21(27-11-16)29-14-28-19/h1-11,14,20,31H,12-13H2,(H,27,28,29). The zero-order valence-corrected chi connectivity index (χ0v) is 16.8. The SMILES string of the molecule is O=C(c1cnc2nc[nH]c2c1)N(Cc1ccccc1)CC(O)c1ccccc1C(F)(F)F. The molecule has 0 aliphatic carbocycles. The summed E-state index contributed by atoms with van der Waals surface area (Å²) in [6.07, 6.45) is -3.35. The second kappa shape index (κ2) is 8.80. The number of halogens is 3. The van der Waals surface area contributed by atoms with E-state index in [1.807, 2.05) is 6.07 Å². The number of aromatic amines is 1. The van der Waals surface area contributed by atoms with E-state index in [1.54, 1.807) is 30.3 Å². The number of benzene rings is 2. The van der Waals surface area contributed by atoms with Gasteiger partial charge < -0.3 is 15.0 Å². The molecule has 2 aromatic heterocycles. The van der Waals surface area contributed by atoms with Gasteiger partial charge in [-0.25, -0.2) is 9.97 Å². The molecule has 1 unspecified atom stereocenters. The molecule has 0 radical (unpaired) electrons. The summed E-state index contributed by atoms with van der Waals surface area (Å²) < 4.78 is 40.3. The number of aromatic nitrogens is 3. The smallest absolute Gasteiger partial charge is 0.387 e. The van der Waals surface area contributed by atoms with Gasteiger partial charge in [0.15, 0.2) is 5.65 Å². The molecular formula is C23H19F3N4O2. The van der Waals surface area contributed by atoms with Gasteiger partial charge >= 0.3 is 6.18 Å². The van der Waals surface area contributed by atoms with Crippen molar-refractivity contribution in [2.24, 2.45) is 0 Å². The number of aliphatic hydroxyl groups is 1. The number of pyridine rings is 1. The Morgan fingerprint density at radius 3 is 2.53 bits per heavy atom. The van der Waals surface area contributed by atoms with Crippen molar-refractivity contribution in [1.82, 2.24) is 19.9 Å². The van der Waals surface area contributed by atoms with Crippen molar-refractivity contribution >= 4 is 17.1 Å². The molecule has 1 amide bonds. The van der Waals surface area contributed by atoms with Crippen molar-refractivity contribution in [3.8, 4) is 0 Å². The fraction of sp³-hybridized carbons (Fsp3) is 0.174. The Balaban J connectivity index is 1.66. The summed E-state index contributed by atoms with van der Waals surface area (Å²) in [7, 11) is 0. The quantitative estimate of drug-likeness (QED) is 0.467. The maximum atomic E-state index is 13.4. The van der Waals surface area contributed by atoms with Gasteiger partial charge in [-0.05, 0) is 23.3 Å². The number of alkyl halides is 3. The topological polar surface area (TPSA) is 82.1 Å². The van der Waals surface area contributed by atoms with E-state index in [9.17, 15) is 23.1 Å². The Kier molecular flexibility index (Phi) is 5.91. The van der Waals surface area contributed by atoms with Gasteiger partial charge in [-0.3, -0.25) is 4.79 Å². The number of carbonyl (C=O) groups excluding carboxylic acids is 1. The van der Waals surface area contributed by atoms with Gasteiger partial charge in [-0.2, -0.15) is 13.2 Å². The number of nitrogens with zero attached hydrogens (tertiary/aromatic N) is 3. The highest BCUT2D eigenvalue weighted by Crippen LogP contribution is 2.35. The number of carbonyl (C=O) groups is 1. The van der Waals surface area contributed by atoms with E-state index < -0.39 is 23.8 Å². The van der Waals surface area contributed by atoms with E-state index in [2.05, 4.69) is 15.0 Å². The number of nitrogens with one attached hydrogen (secondary N) is 1. The van der Waals surface area contributed by atoms with Crippen LogP contribution in [0, 0.1) is 0 Å². The summed E-state index contributed by atoms with van der Waals surface area (Å²) in [5, 5.41) is 10.7. The van der Waals surface area contributed by atoms with Crippen molar-refractivity contribution < 1.29 is 23.1 Å². The number of amides is 1. The highest BCUT2D eigenvalue weighted by atomic mass is 19.4. The highest BCUT2D eigenvalue weighted by Gasteiger charge is 2.35. The molecule has 0 bridgehead atoms. The molecule has 2 N–H and O–H groups in total. The van der Waals surface area contributed by atoms with Gasteiger partial charge in [0.2, 0.25) is 0 Å². The Bertz CT molecular complexity index is 1220. The Labute approximate surface area is 181 Å². The van der Waals surface area contributed by atoms with E-state index in [4.69, 9.17) is 0 Å². The summed E-state index contributed by atoms with van der Waals surface area (Å²) in [5.74, 6) is -0.471. The molecule has 6 nitrogen and oxygen atoms in total. The molecule has 0 saturated heterocycles. The van der Waals surface area contributed by atoms with Gasteiger partial charge in [-0.15, -0.1) is 0 Å². The summed E-state index contributed by atoms with van der Waals surface area (Å²) in [6, 6.07) is 15.4. The third-order valence-corrected chi connectivity index (χ3v) is 5.04. The Morgan fingerprint density at radius 2 is 1.78 bits per heavy atom. The fourth-order valence-electron chi connectivity index (χ4n) is 3.51. The average molecular weight is 440 g/mol. The van der Waals surface area contributed by atoms with Crippen LogP contribution < -0.4 is 0 Å². The Hall–Kier alpha value is -3.72. The summed E-state index contributed by atoms with van der Waals surface area (Å²) in [5.41, 5.74) is 0.781. The first kappa shape index (κ1) is 21.5. The van der Waals surface area contributed by atoms with Crippen LogP contribution in [0.4, 0.5) is 13.2 Å². The van der Waals surface area contributed by atoms with E-state index in [0.717, 1.165) is 11.6 Å². The molecule has 0 saturated carbocycles. The van der Waals surface area contributed by atoms with Gasteiger partial charge in [-0.1, -0.05) is 48.5 Å². The highest BCUT2D eigenvalue weighted by molar-refractivity contribution is 5.96. The van der Waals surface area contributed by atoms with Crippen LogP contribution in [0.3, 0.4) is 0 Å². The lowest BCUT2D eigenvalue weighted by molar-refractivity contribution is -0.139. The van der Waals surface area contributed by atoms with Crippen LogP contribution in [-0.2, 0) is 12.7 Å². The lowest BCUT2D eigenvalue weighted by Crippen LogP contribution is -2.35. The third kappa shape index (κ3) is 4.62. The number of rotatable bonds is 6. The molecule has 0 aliphatic heterocycles. The lowest BCUT2D eigenvalue weighted by Gasteiger charge is -2.27. The molecule has 0 spiro atoms. The predicted octanol–water partition coefficient (Wildman–Crippen LogP) is 4.35. The molecule has 1 atom stereocenters. The molecule has 2 aromatic carbocycles. The second-order valence-corrected chi connectivity index (χ2v) is 7.27. The maximum absolute atomic E-state index is 13.4. The molecule has 0 aliphatic rings. The predicted molar refractivity (Wildman–Crippen MR) is 111 cm³/mol. The first-order valence-electron chi connectivity index (χ1n) is 9.79. The van der Waals surface area contributed by atoms with Gasteiger partial charge in [0.25, 0.3) is 5.91 Å². The van der Waals surface area contributed by atoms with Crippen molar-refractivity contribution in [2.75, 3.05) is 6.54 Å². The number of imidazole rings is 1. The van der Waals surface area contributed by atoms with E-state index in [1.165, 1.54) is 35.6 Å². The van der Waals surface area contributed by atoms with E-state index in [0.29, 0.717) is 11.2 Å². The maximum Gasteiger partial charge on any atom is 0.416 e. The third-order valence-electron chi connectivity index (χ3n) is 5.04. The van der Waals surface area contributed by atoms with E-state index >= 15 is 0 Å². The zero-order valence-electron chi connectivity index (χ0n) is 16.8. The number of hydrogen-bond donors (Lipinski definition) is 2. The van der Waals surface area contributed by atoms with Crippen molar-refractivity contribution in [3.63, 3.8) is 0 Å². The fourth-order valence-corrected chi connectivity index (χ4v) is 3.51. The monoisotopic (exact) mass is 440 g/mol. The molecule has 4 rings (SSSR count). The Morgan fingerprint density at radius 1 is 1.06 bits per heavy atom. The number of fused-ring (bicyclic) bond motifs is 1. The van der Waals surface area contributed by atoms with Crippen LogP contribution in [0.1, 0.15) is 33.2 Å². The van der Waals surface area contributed by atoms with Crippen LogP contribution >= 0.6 is 0 Å². The van der Waals surface area contributed by atoms with E-state index in [-0.39, 0.29) is 24.2 Å². The second-order valence-electron chi connectivity index (χ2n) is 7.27. The number of H-pyrrole nitrogens is 1. The first-order chi connectivity index (χ1) is 15.3. The summed E-state index contributed by atoms with van der Waals surface area (Å²) in [6.45, 7) is -0.228. The van der Waals surface area contributed by atoms with Gasteiger partial charge in [0, 0.05) is 12.7 Å². The molecule has 0 fully saturated rings. The van der Waals surface area contributed by atoms with Crippen molar-refractivity contribution in [2.45, 2.75) is 18.8 Å². The molecule has 2 heterocycles. The van der Waals surface area contributed by atoms with Gasteiger partial charge in [0.05, 0.1) is 35.6 Å². The first-order valence-corrected chi connectivity index (χ1v) is 9.79. The van der Waals surface area contributed by atoms with Crippen LogP contribution in [0.15, 0.2) is 73.2 Å². The largest absolute Gasteiger partial charge is 0.416 e. The minimum atomic E-state index is -4.62. The molecule has 164 valence electrons. The van der Waals surface area contributed by atoms with Crippen LogP contribution in [0.5, 0.6) is 0 Å². The molecule has 32 heavy (non-hydrogen) atoms. The number of aliphatic hydroxyl groups excluding tert-OH is 1. The summed E-state index contributed by atoms with van der Waals surface area (Å²) in [4.78, 5) is 25.6. The minimum absolute atomic E-state index is 0.103. The lowest BCUT2D eigenvalue weighted by atomic mass is 10.0. The average Bonchev–Trinajstić information content (AvgIpc) is 3.26. The summed E-state index contributed by atoms with van der Waals surface area (Å²) >= 11 is 0. The number of hydrogen-bond acceptors (Lipinski definition) is 4. The zero-order chi connectivity index (χ0) is 22.7. The van der Waals surface area contributed by atoms with Crippen molar-refractivity contribution in [1.29, 1.82) is 0 Å². The van der Waals surface area contributed by atoms with Crippen LogP contribution in [0.2, 0.25) is 0 Å². The van der Waals surface area contributed by atoms with Crippen LogP contribution in [0.25, 0.3) is 11.2 Å². The molecular weight excluding hydrogens is 421 g/mol.